The normalized spacial score (nSPS) is 19.6. The van der Waals surface area contributed by atoms with Crippen molar-refractivity contribution in [3.8, 4) is 5.75 Å². The van der Waals surface area contributed by atoms with Crippen molar-refractivity contribution >= 4 is 11.8 Å². The van der Waals surface area contributed by atoms with Crippen LogP contribution < -0.4 is 10.1 Å². The number of hydrogen-bond acceptors (Lipinski definition) is 5. The maximum Gasteiger partial charge on any atom is 0.337 e. The van der Waals surface area contributed by atoms with Crippen LogP contribution in [0.2, 0.25) is 0 Å². The zero-order chi connectivity index (χ0) is 24.5. The van der Waals surface area contributed by atoms with E-state index in [1.807, 2.05) is 75.4 Å². The molecule has 0 fully saturated rings. The van der Waals surface area contributed by atoms with E-state index in [9.17, 15) is 9.59 Å². The van der Waals surface area contributed by atoms with Crippen molar-refractivity contribution < 1.29 is 19.1 Å². The Balaban J connectivity index is 1.81. The molecule has 4 rings (SSSR count). The highest BCUT2D eigenvalue weighted by molar-refractivity contribution is 6.04. The molecule has 1 aliphatic carbocycles. The van der Waals surface area contributed by atoms with Crippen molar-refractivity contribution in [2.24, 2.45) is 5.41 Å². The summed E-state index contributed by atoms with van der Waals surface area (Å²) in [5.41, 5.74) is 4.43. The minimum Gasteiger partial charge on any atom is -0.489 e. The van der Waals surface area contributed by atoms with Gasteiger partial charge in [-0.25, -0.2) is 4.79 Å². The lowest BCUT2D eigenvalue weighted by atomic mass is 9.68. The molecule has 1 heterocycles. The average Bonchev–Trinajstić information content (AvgIpc) is 2.76. The molecule has 0 bridgehead atoms. The molecule has 1 aliphatic heterocycles. The maximum atomic E-state index is 13.5. The van der Waals surface area contributed by atoms with E-state index in [-0.39, 0.29) is 17.3 Å². The number of Topliss-reactive ketones (excluding diaryl/α,β-unsaturated/α-hetero) is 1. The highest BCUT2D eigenvalue weighted by Gasteiger charge is 2.44. The lowest BCUT2D eigenvalue weighted by molar-refractivity contribution is -0.143. The first-order valence-corrected chi connectivity index (χ1v) is 11.9. The molecule has 0 saturated heterocycles. The molecule has 0 spiro atoms. The number of carbonyl (C=O) groups is 2. The van der Waals surface area contributed by atoms with Crippen molar-refractivity contribution in [3.05, 3.63) is 88.3 Å². The summed E-state index contributed by atoms with van der Waals surface area (Å²) in [6, 6.07) is 17.6. The van der Waals surface area contributed by atoms with Crippen molar-refractivity contribution in [2.45, 2.75) is 66.1 Å². The molecule has 0 saturated carbocycles. The van der Waals surface area contributed by atoms with Gasteiger partial charge >= 0.3 is 5.97 Å². The van der Waals surface area contributed by atoms with Gasteiger partial charge in [0.1, 0.15) is 12.4 Å². The fraction of sp³-hybridized carbons (Fsp3) is 0.379. The summed E-state index contributed by atoms with van der Waals surface area (Å²) in [5, 5.41) is 3.38. The van der Waals surface area contributed by atoms with Gasteiger partial charge in [0.15, 0.2) is 5.78 Å². The van der Waals surface area contributed by atoms with Crippen molar-refractivity contribution in [1.82, 2.24) is 5.32 Å². The lowest BCUT2D eigenvalue weighted by Crippen LogP contribution is -2.39. The molecule has 2 aliphatic rings. The van der Waals surface area contributed by atoms with Gasteiger partial charge in [0.05, 0.1) is 17.6 Å². The molecule has 1 N–H and O–H groups in total. The van der Waals surface area contributed by atoms with Gasteiger partial charge in [0.25, 0.3) is 0 Å². The van der Waals surface area contributed by atoms with Crippen LogP contribution in [0.4, 0.5) is 0 Å². The number of ether oxygens (including phenoxy) is 2. The Morgan fingerprint density at radius 1 is 1.06 bits per heavy atom. The van der Waals surface area contributed by atoms with Gasteiger partial charge in [-0.05, 0) is 44.2 Å². The molecule has 2 aromatic rings. The minimum absolute atomic E-state index is 0.0592. The number of para-hydroxylation sites is 1. The summed E-state index contributed by atoms with van der Waals surface area (Å²) in [7, 11) is 0. The smallest absolute Gasteiger partial charge is 0.337 e. The van der Waals surface area contributed by atoms with Crippen LogP contribution in [0.3, 0.4) is 0 Å². The fourth-order valence-electron chi connectivity index (χ4n) is 4.88. The lowest BCUT2D eigenvalue weighted by Gasteiger charge is -2.39. The standard InChI is InChI=1S/C29H33NO4/c1-18(2)34-28(32)25-19(3)30-22-15-29(4,5)16-23(31)27(22)26(25)21-13-9-10-14-24(21)33-17-20-11-7-6-8-12-20/h6-14,18,26,30H,15-17H2,1-5H3/t26-/m0/s1. The summed E-state index contributed by atoms with van der Waals surface area (Å²) in [6.07, 6.45) is 0.902. The number of rotatable bonds is 6. The third-order valence-electron chi connectivity index (χ3n) is 6.27. The van der Waals surface area contributed by atoms with Crippen molar-refractivity contribution in [1.29, 1.82) is 0 Å². The maximum absolute atomic E-state index is 13.5. The number of nitrogens with one attached hydrogen (secondary N) is 1. The van der Waals surface area contributed by atoms with E-state index in [1.165, 1.54) is 0 Å². The predicted octanol–water partition coefficient (Wildman–Crippen LogP) is 5.82. The minimum atomic E-state index is -0.543. The first-order chi connectivity index (χ1) is 16.2. The van der Waals surface area contributed by atoms with E-state index in [1.54, 1.807) is 0 Å². The van der Waals surface area contributed by atoms with E-state index >= 15 is 0 Å². The van der Waals surface area contributed by atoms with Crippen molar-refractivity contribution in [3.63, 3.8) is 0 Å². The molecule has 178 valence electrons. The molecule has 2 aromatic carbocycles. The topological polar surface area (TPSA) is 64.6 Å². The number of dihydropyridines is 1. The van der Waals surface area contributed by atoms with Crippen LogP contribution in [-0.2, 0) is 20.9 Å². The highest BCUT2D eigenvalue weighted by atomic mass is 16.5. The van der Waals surface area contributed by atoms with E-state index in [0.29, 0.717) is 29.9 Å². The van der Waals surface area contributed by atoms with Crippen LogP contribution in [-0.4, -0.2) is 17.9 Å². The fourth-order valence-corrected chi connectivity index (χ4v) is 4.88. The first-order valence-electron chi connectivity index (χ1n) is 11.9. The molecule has 0 aromatic heterocycles. The van der Waals surface area contributed by atoms with Gasteiger partial charge in [0.2, 0.25) is 0 Å². The molecule has 1 atom stereocenters. The number of carbonyl (C=O) groups excluding carboxylic acids is 2. The second kappa shape index (κ2) is 9.49. The third-order valence-corrected chi connectivity index (χ3v) is 6.27. The first kappa shape index (κ1) is 23.8. The second-order valence-corrected chi connectivity index (χ2v) is 10.2. The Labute approximate surface area is 201 Å². The molecular formula is C29H33NO4. The number of allylic oxidation sites excluding steroid dienone is 3. The SMILES string of the molecule is CC1=C(C(=O)OC(C)C)[C@H](c2ccccc2OCc2ccccc2)C2=C(CC(C)(C)CC2=O)N1. The monoisotopic (exact) mass is 459 g/mol. The van der Waals surface area contributed by atoms with Crippen LogP contribution in [0.25, 0.3) is 0 Å². The molecule has 0 radical (unpaired) electrons. The predicted molar refractivity (Wildman–Crippen MR) is 132 cm³/mol. The summed E-state index contributed by atoms with van der Waals surface area (Å²) in [6.45, 7) is 10.1. The Bertz CT molecular complexity index is 1160. The zero-order valence-corrected chi connectivity index (χ0v) is 20.6. The number of benzene rings is 2. The van der Waals surface area contributed by atoms with Gasteiger partial charge in [-0.3, -0.25) is 4.79 Å². The van der Waals surface area contributed by atoms with Crippen LogP contribution in [0.5, 0.6) is 5.75 Å². The Morgan fingerprint density at radius 3 is 2.44 bits per heavy atom. The van der Waals surface area contributed by atoms with Crippen molar-refractivity contribution in [2.75, 3.05) is 0 Å². The number of hydrogen-bond donors (Lipinski definition) is 1. The van der Waals surface area contributed by atoms with E-state index in [2.05, 4.69) is 19.2 Å². The van der Waals surface area contributed by atoms with E-state index in [4.69, 9.17) is 9.47 Å². The molecular weight excluding hydrogens is 426 g/mol. The van der Waals surface area contributed by atoms with Gasteiger partial charge in [-0.2, -0.15) is 0 Å². The summed E-state index contributed by atoms with van der Waals surface area (Å²) in [5.74, 6) is -0.237. The summed E-state index contributed by atoms with van der Waals surface area (Å²) >= 11 is 0. The molecule has 34 heavy (non-hydrogen) atoms. The third kappa shape index (κ3) is 4.93. The Hall–Kier alpha value is -3.34. The van der Waals surface area contributed by atoms with Crippen LogP contribution in [0.15, 0.2) is 77.1 Å². The van der Waals surface area contributed by atoms with Gasteiger partial charge in [-0.15, -0.1) is 0 Å². The second-order valence-electron chi connectivity index (χ2n) is 10.2. The number of ketones is 1. The largest absolute Gasteiger partial charge is 0.489 e. The van der Waals surface area contributed by atoms with Gasteiger partial charge in [0, 0.05) is 29.0 Å². The van der Waals surface area contributed by atoms with Crippen LogP contribution in [0.1, 0.15) is 64.5 Å². The molecule has 5 heteroatoms. The Morgan fingerprint density at radius 2 is 1.74 bits per heavy atom. The zero-order valence-electron chi connectivity index (χ0n) is 20.6. The molecule has 0 unspecified atom stereocenters. The number of esters is 1. The summed E-state index contributed by atoms with van der Waals surface area (Å²) in [4.78, 5) is 26.8. The van der Waals surface area contributed by atoms with E-state index < -0.39 is 11.9 Å². The van der Waals surface area contributed by atoms with Gasteiger partial charge in [-0.1, -0.05) is 62.4 Å². The highest BCUT2D eigenvalue weighted by Crippen LogP contribution is 2.48. The van der Waals surface area contributed by atoms with Gasteiger partial charge < -0.3 is 14.8 Å². The Kier molecular flexibility index (Phi) is 6.65. The quantitative estimate of drug-likeness (QED) is 0.552. The summed E-state index contributed by atoms with van der Waals surface area (Å²) < 4.78 is 11.9. The average molecular weight is 460 g/mol. The van der Waals surface area contributed by atoms with Crippen LogP contribution in [0, 0.1) is 5.41 Å². The van der Waals surface area contributed by atoms with Crippen LogP contribution >= 0.6 is 0 Å². The van der Waals surface area contributed by atoms with E-state index in [0.717, 1.165) is 28.9 Å². The molecule has 5 nitrogen and oxygen atoms in total. The molecule has 0 amide bonds.